The zero-order chi connectivity index (χ0) is 27.0. The molecule has 1 aliphatic rings. The van der Waals surface area contributed by atoms with Gasteiger partial charge >= 0.3 is 0 Å². The number of hydrogen-bond acceptors (Lipinski definition) is 7. The summed E-state index contributed by atoms with van der Waals surface area (Å²) in [6, 6.07) is 8.72. The molecule has 2 unspecified atom stereocenters. The highest BCUT2D eigenvalue weighted by Gasteiger charge is 2.47. The Labute approximate surface area is 219 Å². The van der Waals surface area contributed by atoms with E-state index < -0.39 is 17.4 Å². The van der Waals surface area contributed by atoms with Crippen molar-refractivity contribution in [3.05, 3.63) is 76.5 Å². The summed E-state index contributed by atoms with van der Waals surface area (Å²) in [6.45, 7) is 2.86. The van der Waals surface area contributed by atoms with Crippen molar-refractivity contribution in [2.45, 2.75) is 24.9 Å². The van der Waals surface area contributed by atoms with Crippen molar-refractivity contribution in [2.24, 2.45) is 7.05 Å². The third-order valence-corrected chi connectivity index (χ3v) is 7.01. The Bertz CT molecular complexity index is 1570. The summed E-state index contributed by atoms with van der Waals surface area (Å²) >= 11 is 0. The fraction of sp³-hybridized carbons (Fsp3) is 0.333. The maximum absolute atomic E-state index is 15.6. The Morgan fingerprint density at radius 1 is 1.24 bits per heavy atom. The van der Waals surface area contributed by atoms with Crippen molar-refractivity contribution in [3.8, 4) is 11.3 Å². The van der Waals surface area contributed by atoms with Crippen LogP contribution >= 0.6 is 0 Å². The lowest BCUT2D eigenvalue weighted by molar-refractivity contribution is -0.519. The Morgan fingerprint density at radius 3 is 2.76 bits per heavy atom. The van der Waals surface area contributed by atoms with Gasteiger partial charge in [0.15, 0.2) is 0 Å². The molecule has 4 aromatic rings. The molecule has 2 atom stereocenters. The van der Waals surface area contributed by atoms with Crippen LogP contribution in [-0.4, -0.2) is 68.1 Å². The summed E-state index contributed by atoms with van der Waals surface area (Å²) in [5, 5.41) is 20.1. The fourth-order valence-electron chi connectivity index (χ4n) is 5.18. The zero-order valence-electron chi connectivity index (χ0n) is 21.8. The first-order chi connectivity index (χ1) is 18.2. The van der Waals surface area contributed by atoms with E-state index in [0.29, 0.717) is 30.9 Å². The maximum atomic E-state index is 15.6. The highest BCUT2D eigenvalue weighted by molar-refractivity contribution is 6.02. The molecule has 3 heterocycles. The largest absolute Gasteiger partial charge is 0.350 e. The Kier molecular flexibility index (Phi) is 6.72. The lowest BCUT2D eigenvalue weighted by Gasteiger charge is -2.36. The van der Waals surface area contributed by atoms with Crippen LogP contribution < -0.4 is 10.6 Å². The number of nitro groups is 1. The van der Waals surface area contributed by atoms with E-state index in [4.69, 9.17) is 4.98 Å². The average molecular weight is 519 g/mol. The molecule has 5 rings (SSSR count). The van der Waals surface area contributed by atoms with Crippen molar-refractivity contribution < 1.29 is 9.31 Å². The van der Waals surface area contributed by atoms with E-state index in [0.717, 1.165) is 21.9 Å². The van der Waals surface area contributed by atoms with E-state index >= 15 is 4.39 Å². The van der Waals surface area contributed by atoms with Gasteiger partial charge in [-0.3, -0.25) is 10.1 Å². The van der Waals surface area contributed by atoms with Crippen LogP contribution in [0.25, 0.3) is 33.2 Å². The van der Waals surface area contributed by atoms with Crippen molar-refractivity contribution in [1.29, 1.82) is 0 Å². The quantitative estimate of drug-likeness (QED) is 0.224. The molecule has 0 amide bonds. The van der Waals surface area contributed by atoms with Crippen molar-refractivity contribution in [1.82, 2.24) is 29.7 Å². The predicted molar refractivity (Wildman–Crippen MR) is 147 cm³/mol. The third-order valence-electron chi connectivity index (χ3n) is 7.01. The minimum Gasteiger partial charge on any atom is -0.350 e. The average Bonchev–Trinajstić information content (AvgIpc) is 3.49. The summed E-state index contributed by atoms with van der Waals surface area (Å²) in [6.07, 6.45) is 6.80. The second-order valence-corrected chi connectivity index (χ2v) is 9.86. The van der Waals surface area contributed by atoms with Gasteiger partial charge in [-0.1, -0.05) is 25.1 Å². The van der Waals surface area contributed by atoms with Crippen LogP contribution in [0.15, 0.2) is 66.4 Å². The lowest BCUT2D eigenvalue weighted by atomic mass is 9.82. The SMILES string of the molecule is CCNC1(CCN(C)C)C=C(F)C(Nc2nc(-c3cn(C)c4ccccc34)c3cc[nH]c3n2)=CC1[N+](=O)[O-]. The van der Waals surface area contributed by atoms with Gasteiger partial charge in [0.05, 0.1) is 11.4 Å². The van der Waals surface area contributed by atoms with Gasteiger partial charge in [-0.25, -0.2) is 9.37 Å². The number of aromatic amines is 1. The van der Waals surface area contributed by atoms with Crippen LogP contribution in [0.5, 0.6) is 0 Å². The number of halogens is 1. The van der Waals surface area contributed by atoms with Crippen LogP contribution in [0, 0.1) is 10.1 Å². The second-order valence-electron chi connectivity index (χ2n) is 9.86. The smallest absolute Gasteiger partial charge is 0.255 e. The number of hydrogen-bond donors (Lipinski definition) is 3. The Morgan fingerprint density at radius 2 is 2.03 bits per heavy atom. The normalized spacial score (nSPS) is 19.7. The number of aryl methyl sites for hydroxylation is 1. The zero-order valence-corrected chi connectivity index (χ0v) is 21.8. The van der Waals surface area contributed by atoms with Crippen LogP contribution in [0.4, 0.5) is 10.3 Å². The summed E-state index contributed by atoms with van der Waals surface area (Å²) in [5.74, 6) is -0.450. The molecule has 0 spiro atoms. The highest BCUT2D eigenvalue weighted by Crippen LogP contribution is 2.35. The standard InChI is InChI=1S/C27H31FN8O2/c1-5-30-27(11-13-34(2)3)15-20(28)21(14-23(27)36(37)38)31-26-32-24(18-10-12-29-25(18)33-26)19-16-35(4)22-9-7-6-8-17(19)22/h6-10,12,14-16,23,30H,5,11,13H2,1-4H3,(H2,29,31,32,33). The second kappa shape index (κ2) is 9.99. The summed E-state index contributed by atoms with van der Waals surface area (Å²) in [7, 11) is 5.74. The van der Waals surface area contributed by atoms with E-state index in [1.165, 1.54) is 12.2 Å². The summed E-state index contributed by atoms with van der Waals surface area (Å²) in [4.78, 5) is 26.1. The number of anilines is 1. The molecule has 38 heavy (non-hydrogen) atoms. The summed E-state index contributed by atoms with van der Waals surface area (Å²) < 4.78 is 17.6. The summed E-state index contributed by atoms with van der Waals surface area (Å²) in [5.41, 5.74) is 2.02. The molecule has 0 saturated heterocycles. The number of fused-ring (bicyclic) bond motifs is 2. The third kappa shape index (κ3) is 4.54. The van der Waals surface area contributed by atoms with E-state index in [1.807, 2.05) is 74.1 Å². The number of allylic oxidation sites excluding steroid dienone is 1. The van der Waals surface area contributed by atoms with E-state index in [-0.39, 0.29) is 16.6 Å². The minimum absolute atomic E-state index is 0.0279. The van der Waals surface area contributed by atoms with Crippen molar-refractivity contribution in [3.63, 3.8) is 0 Å². The van der Waals surface area contributed by atoms with E-state index in [1.54, 1.807) is 6.20 Å². The molecule has 0 fully saturated rings. The Balaban J connectivity index is 1.56. The van der Waals surface area contributed by atoms with Gasteiger partial charge in [0.1, 0.15) is 17.0 Å². The van der Waals surface area contributed by atoms with Gasteiger partial charge < -0.3 is 25.1 Å². The van der Waals surface area contributed by atoms with Gasteiger partial charge in [0.25, 0.3) is 6.04 Å². The van der Waals surface area contributed by atoms with Crippen LogP contribution in [0.3, 0.4) is 0 Å². The van der Waals surface area contributed by atoms with Crippen LogP contribution in [0.1, 0.15) is 13.3 Å². The molecule has 1 aliphatic carbocycles. The van der Waals surface area contributed by atoms with Gasteiger partial charge in [-0.05, 0) is 51.8 Å². The van der Waals surface area contributed by atoms with Gasteiger partial charge in [0.2, 0.25) is 5.95 Å². The van der Waals surface area contributed by atoms with Crippen molar-refractivity contribution >= 4 is 27.9 Å². The Hall–Kier alpha value is -4.09. The molecule has 0 saturated carbocycles. The highest BCUT2D eigenvalue weighted by atomic mass is 19.1. The first kappa shape index (κ1) is 25.6. The lowest BCUT2D eigenvalue weighted by Crippen LogP contribution is -2.58. The first-order valence-electron chi connectivity index (χ1n) is 12.5. The topological polar surface area (TPSA) is 117 Å². The fourth-order valence-corrected chi connectivity index (χ4v) is 5.18. The number of benzene rings is 1. The molecule has 11 heteroatoms. The molecular formula is C27H31FN8O2. The van der Waals surface area contributed by atoms with Gasteiger partial charge in [-0.2, -0.15) is 4.98 Å². The van der Waals surface area contributed by atoms with E-state index in [9.17, 15) is 10.1 Å². The minimum atomic E-state index is -1.18. The van der Waals surface area contributed by atoms with Crippen molar-refractivity contribution in [2.75, 3.05) is 32.5 Å². The number of rotatable bonds is 9. The molecule has 198 valence electrons. The number of nitrogens with zero attached hydrogens (tertiary/aromatic N) is 5. The van der Waals surface area contributed by atoms with Gasteiger partial charge in [-0.15, -0.1) is 0 Å². The number of para-hydroxylation sites is 1. The molecular weight excluding hydrogens is 487 g/mol. The number of H-pyrrole nitrogens is 1. The van der Waals surface area contributed by atoms with Gasteiger partial charge in [0, 0.05) is 52.3 Å². The molecule has 0 aliphatic heterocycles. The molecule has 1 aromatic carbocycles. The predicted octanol–water partition coefficient (Wildman–Crippen LogP) is 4.22. The molecule has 3 aromatic heterocycles. The number of aromatic nitrogens is 4. The van der Waals surface area contributed by atoms with Crippen LogP contribution in [-0.2, 0) is 7.05 Å². The van der Waals surface area contributed by atoms with E-state index in [2.05, 4.69) is 20.6 Å². The number of nitrogens with one attached hydrogen (secondary N) is 3. The maximum Gasteiger partial charge on any atom is 0.255 e. The monoisotopic (exact) mass is 518 g/mol. The van der Waals surface area contributed by atoms with Crippen LogP contribution in [0.2, 0.25) is 0 Å². The molecule has 0 radical (unpaired) electrons. The molecule has 10 nitrogen and oxygen atoms in total. The number of likely N-dealkylation sites (N-methyl/N-ethyl adjacent to an activating group) is 1. The molecule has 3 N–H and O–H groups in total. The molecule has 0 bridgehead atoms. The first-order valence-corrected chi connectivity index (χ1v) is 12.5.